The normalized spacial score (nSPS) is 11.0. The fraction of sp³-hybridized carbons (Fsp3) is 0.217. The maximum atomic E-state index is 12.3. The Morgan fingerprint density at radius 2 is 2.00 bits per heavy atom. The van der Waals surface area contributed by atoms with Crippen molar-refractivity contribution in [2.45, 2.75) is 26.3 Å². The Morgan fingerprint density at radius 1 is 1.14 bits per heavy atom. The number of aryl methyl sites for hydroxylation is 2. The predicted molar refractivity (Wildman–Crippen MR) is 115 cm³/mol. The van der Waals surface area contributed by atoms with E-state index in [0.717, 1.165) is 29.2 Å². The third-order valence-corrected chi connectivity index (χ3v) is 5.02. The zero-order valence-electron chi connectivity index (χ0n) is 16.6. The van der Waals surface area contributed by atoms with Crippen LogP contribution in [0.4, 0.5) is 5.82 Å². The minimum atomic E-state index is -0.0677. The monoisotopic (exact) mass is 388 g/mol. The van der Waals surface area contributed by atoms with E-state index >= 15 is 0 Å². The highest BCUT2D eigenvalue weighted by Crippen LogP contribution is 2.28. The van der Waals surface area contributed by atoms with Crippen molar-refractivity contribution in [2.75, 3.05) is 12.4 Å². The number of H-pyrrole nitrogens is 1. The minimum Gasteiger partial charge on any atom is -0.497 e. The van der Waals surface area contributed by atoms with E-state index in [1.807, 2.05) is 42.5 Å². The second-order valence-electron chi connectivity index (χ2n) is 6.90. The predicted octanol–water partition coefficient (Wildman–Crippen LogP) is 4.63. The highest BCUT2D eigenvalue weighted by atomic mass is 16.5. The summed E-state index contributed by atoms with van der Waals surface area (Å²) in [5, 5.41) is 11.4. The fourth-order valence-corrected chi connectivity index (χ4v) is 3.58. The van der Waals surface area contributed by atoms with Gasteiger partial charge in [-0.2, -0.15) is 5.10 Å². The average molecular weight is 388 g/mol. The molecule has 0 bridgehead atoms. The number of hydrogen-bond acceptors (Lipinski definition) is 3. The molecule has 148 valence electrons. The Balaban J connectivity index is 1.45. The number of rotatable bonds is 7. The van der Waals surface area contributed by atoms with Gasteiger partial charge < -0.3 is 14.6 Å². The molecule has 4 rings (SSSR count). The first kappa shape index (κ1) is 18.8. The lowest BCUT2D eigenvalue weighted by Gasteiger charge is -2.05. The molecule has 0 saturated heterocycles. The molecule has 0 fully saturated rings. The molecule has 2 heterocycles. The number of aromatic nitrogens is 3. The summed E-state index contributed by atoms with van der Waals surface area (Å²) in [6.45, 7) is 2.97. The van der Waals surface area contributed by atoms with E-state index in [2.05, 4.69) is 45.2 Å². The van der Waals surface area contributed by atoms with E-state index in [9.17, 15) is 4.79 Å². The van der Waals surface area contributed by atoms with Gasteiger partial charge in [0.2, 0.25) is 5.91 Å². The highest BCUT2D eigenvalue weighted by molar-refractivity contribution is 5.91. The van der Waals surface area contributed by atoms with Gasteiger partial charge in [0, 0.05) is 29.9 Å². The summed E-state index contributed by atoms with van der Waals surface area (Å²) in [5.41, 5.74) is 4.18. The molecular weight excluding hydrogens is 364 g/mol. The molecule has 2 aromatic heterocycles. The molecule has 0 spiro atoms. The van der Waals surface area contributed by atoms with Crippen LogP contribution in [0.25, 0.3) is 22.3 Å². The molecule has 0 atom stereocenters. The summed E-state index contributed by atoms with van der Waals surface area (Å²) in [5.74, 6) is 1.26. The Morgan fingerprint density at radius 3 is 2.83 bits per heavy atom. The van der Waals surface area contributed by atoms with E-state index in [1.165, 1.54) is 10.9 Å². The molecule has 6 nitrogen and oxygen atoms in total. The van der Waals surface area contributed by atoms with Gasteiger partial charge in [0.15, 0.2) is 5.82 Å². The Hall–Kier alpha value is -3.54. The number of amides is 1. The number of nitrogens with one attached hydrogen (secondary N) is 2. The zero-order chi connectivity index (χ0) is 20.2. The molecule has 0 saturated carbocycles. The fourth-order valence-electron chi connectivity index (χ4n) is 3.58. The topological polar surface area (TPSA) is 71.9 Å². The van der Waals surface area contributed by atoms with E-state index in [0.29, 0.717) is 18.7 Å². The Kier molecular flexibility index (Phi) is 5.33. The lowest BCUT2D eigenvalue weighted by Crippen LogP contribution is -2.12. The number of ether oxygens (including phenoxy) is 1. The number of carbonyl (C=O) groups is 1. The average Bonchev–Trinajstić information content (AvgIpc) is 3.36. The van der Waals surface area contributed by atoms with Gasteiger partial charge in [-0.1, -0.05) is 30.3 Å². The van der Waals surface area contributed by atoms with Gasteiger partial charge in [0.05, 0.1) is 18.5 Å². The second-order valence-corrected chi connectivity index (χ2v) is 6.90. The lowest BCUT2D eigenvalue weighted by molar-refractivity contribution is -0.116. The van der Waals surface area contributed by atoms with Crippen LogP contribution in [-0.4, -0.2) is 27.8 Å². The molecule has 29 heavy (non-hydrogen) atoms. The van der Waals surface area contributed by atoms with Crippen molar-refractivity contribution in [1.29, 1.82) is 0 Å². The largest absolute Gasteiger partial charge is 0.497 e. The molecule has 1 amide bonds. The number of para-hydroxylation sites is 1. The van der Waals surface area contributed by atoms with Crippen LogP contribution >= 0.6 is 0 Å². The van der Waals surface area contributed by atoms with Crippen molar-refractivity contribution in [2.24, 2.45) is 0 Å². The Labute approximate surface area is 169 Å². The van der Waals surface area contributed by atoms with Gasteiger partial charge in [-0.15, -0.1) is 0 Å². The van der Waals surface area contributed by atoms with E-state index in [1.54, 1.807) is 7.11 Å². The maximum Gasteiger partial charge on any atom is 0.225 e. The van der Waals surface area contributed by atoms with E-state index in [4.69, 9.17) is 4.74 Å². The van der Waals surface area contributed by atoms with Gasteiger partial charge in [0.25, 0.3) is 0 Å². The summed E-state index contributed by atoms with van der Waals surface area (Å²) in [6.07, 6.45) is 1.02. The van der Waals surface area contributed by atoms with E-state index < -0.39 is 0 Å². The van der Waals surface area contributed by atoms with Gasteiger partial charge in [-0.05, 0) is 43.2 Å². The quantitative estimate of drug-likeness (QED) is 0.485. The maximum absolute atomic E-state index is 12.3. The van der Waals surface area contributed by atoms with Crippen LogP contribution in [0.3, 0.4) is 0 Å². The van der Waals surface area contributed by atoms with Crippen LogP contribution in [0, 0.1) is 0 Å². The Bertz CT molecular complexity index is 1140. The van der Waals surface area contributed by atoms with Crippen molar-refractivity contribution in [3.8, 4) is 17.1 Å². The molecule has 0 radical (unpaired) electrons. The second kappa shape index (κ2) is 8.22. The minimum absolute atomic E-state index is 0.0677. The molecular formula is C23H24N4O2. The van der Waals surface area contributed by atoms with Crippen molar-refractivity contribution >= 4 is 22.6 Å². The number of anilines is 1. The molecule has 2 N–H and O–H groups in total. The van der Waals surface area contributed by atoms with Gasteiger partial charge in [-0.25, -0.2) is 0 Å². The molecule has 0 aliphatic carbocycles. The number of benzene rings is 2. The van der Waals surface area contributed by atoms with Crippen molar-refractivity contribution in [1.82, 2.24) is 14.8 Å². The number of nitrogens with zero attached hydrogens (tertiary/aromatic N) is 2. The lowest BCUT2D eigenvalue weighted by atomic mass is 10.1. The summed E-state index contributed by atoms with van der Waals surface area (Å²) in [4.78, 5) is 12.3. The van der Waals surface area contributed by atoms with Crippen LogP contribution < -0.4 is 10.1 Å². The van der Waals surface area contributed by atoms with Gasteiger partial charge >= 0.3 is 0 Å². The first-order chi connectivity index (χ1) is 14.2. The van der Waals surface area contributed by atoms with Gasteiger partial charge in [-0.3, -0.25) is 9.89 Å². The first-order valence-electron chi connectivity index (χ1n) is 9.74. The molecule has 0 unspecified atom stereocenters. The summed E-state index contributed by atoms with van der Waals surface area (Å²) in [6, 6.07) is 20.1. The number of hydrogen-bond donors (Lipinski definition) is 2. The van der Waals surface area contributed by atoms with Crippen molar-refractivity contribution < 1.29 is 9.53 Å². The number of carbonyl (C=O) groups excluding carboxylic acids is 1. The van der Waals surface area contributed by atoms with Crippen LogP contribution in [0.15, 0.2) is 60.7 Å². The van der Waals surface area contributed by atoms with Crippen molar-refractivity contribution in [3.05, 3.63) is 66.2 Å². The van der Waals surface area contributed by atoms with Crippen LogP contribution in [-0.2, 0) is 17.8 Å². The number of aromatic amines is 1. The first-order valence-corrected chi connectivity index (χ1v) is 9.74. The van der Waals surface area contributed by atoms with Crippen LogP contribution in [0.1, 0.15) is 18.9 Å². The summed E-state index contributed by atoms with van der Waals surface area (Å²) in [7, 11) is 1.64. The molecule has 0 aliphatic heterocycles. The molecule has 6 heteroatoms. The van der Waals surface area contributed by atoms with Gasteiger partial charge in [0.1, 0.15) is 5.75 Å². The number of fused-ring (bicyclic) bond motifs is 1. The van der Waals surface area contributed by atoms with E-state index in [-0.39, 0.29) is 5.91 Å². The summed E-state index contributed by atoms with van der Waals surface area (Å²) >= 11 is 0. The molecule has 4 aromatic rings. The zero-order valence-corrected chi connectivity index (χ0v) is 16.6. The van der Waals surface area contributed by atoms with Crippen molar-refractivity contribution in [3.63, 3.8) is 0 Å². The SMILES string of the molecule is CCn1c(-c2cc(NC(=O)CCc3cccc(OC)c3)n[nH]2)cc2ccccc21. The highest BCUT2D eigenvalue weighted by Gasteiger charge is 2.13. The van der Waals surface area contributed by atoms with Crippen LogP contribution in [0.5, 0.6) is 5.75 Å². The third-order valence-electron chi connectivity index (χ3n) is 5.02. The standard InChI is InChI=1S/C23H24N4O2/c1-3-27-20-10-5-4-8-17(20)14-21(27)19-15-22(26-25-19)24-23(28)12-11-16-7-6-9-18(13-16)29-2/h4-10,13-15H,3,11-12H2,1-2H3,(H2,24,25,26,28). The third kappa shape index (κ3) is 4.01. The number of methoxy groups -OCH3 is 1. The molecule has 2 aromatic carbocycles. The van der Waals surface area contributed by atoms with Crippen LogP contribution in [0.2, 0.25) is 0 Å². The summed E-state index contributed by atoms with van der Waals surface area (Å²) < 4.78 is 7.46. The smallest absolute Gasteiger partial charge is 0.225 e. The molecule has 0 aliphatic rings.